The van der Waals surface area contributed by atoms with Crippen molar-refractivity contribution < 1.29 is 9.84 Å². The smallest absolute Gasteiger partial charge is 0.0579 e. The number of aliphatic hydroxyl groups excluding tert-OH is 1. The van der Waals surface area contributed by atoms with Crippen LogP contribution in [0.2, 0.25) is 0 Å². The van der Waals surface area contributed by atoms with Gasteiger partial charge in [-0.2, -0.15) is 0 Å². The minimum Gasteiger partial charge on any atom is -0.396 e. The second kappa shape index (κ2) is 7.04. The number of hydrogen-bond acceptors (Lipinski definition) is 3. The summed E-state index contributed by atoms with van der Waals surface area (Å²) in [5, 5.41) is 13.1. The molecule has 1 atom stereocenters. The molecule has 1 saturated heterocycles. The topological polar surface area (TPSA) is 41.5 Å². The molecule has 0 spiro atoms. The fourth-order valence-corrected chi connectivity index (χ4v) is 2.52. The lowest BCUT2D eigenvalue weighted by Gasteiger charge is -2.41. The Bertz CT molecular complexity index is 357. The largest absolute Gasteiger partial charge is 0.396 e. The Morgan fingerprint density at radius 1 is 1.32 bits per heavy atom. The standard InChI is InChI=1S/C16H25NO2/c1-2-6-15(9-14-7-4-3-5-8-14)17-10-16(11-18)12-19-13-16/h3-5,7-8,15,17-18H,2,6,9-13H2,1H3. The van der Waals surface area contributed by atoms with Crippen molar-refractivity contribution >= 4 is 0 Å². The molecule has 1 aliphatic rings. The van der Waals surface area contributed by atoms with Crippen LogP contribution in [0.3, 0.4) is 0 Å². The lowest BCUT2D eigenvalue weighted by molar-refractivity contribution is -0.135. The molecule has 1 fully saturated rings. The first-order chi connectivity index (χ1) is 9.28. The second-order valence-electron chi connectivity index (χ2n) is 5.71. The Kier molecular flexibility index (Phi) is 5.37. The zero-order valence-corrected chi connectivity index (χ0v) is 11.8. The highest BCUT2D eigenvalue weighted by molar-refractivity contribution is 5.15. The third kappa shape index (κ3) is 4.03. The molecular weight excluding hydrogens is 238 g/mol. The van der Waals surface area contributed by atoms with Crippen molar-refractivity contribution in [3.05, 3.63) is 35.9 Å². The van der Waals surface area contributed by atoms with E-state index in [9.17, 15) is 5.11 Å². The molecule has 1 aromatic carbocycles. The van der Waals surface area contributed by atoms with Crippen molar-refractivity contribution in [1.29, 1.82) is 0 Å². The van der Waals surface area contributed by atoms with E-state index in [1.165, 1.54) is 12.0 Å². The molecule has 106 valence electrons. The van der Waals surface area contributed by atoms with Crippen LogP contribution in [0.25, 0.3) is 0 Å². The van der Waals surface area contributed by atoms with Crippen LogP contribution in [-0.4, -0.2) is 37.5 Å². The fraction of sp³-hybridized carbons (Fsp3) is 0.625. The van der Waals surface area contributed by atoms with Gasteiger partial charge in [-0.1, -0.05) is 43.7 Å². The molecule has 1 heterocycles. The quantitative estimate of drug-likeness (QED) is 0.754. The molecule has 0 amide bonds. The van der Waals surface area contributed by atoms with Gasteiger partial charge in [0.15, 0.2) is 0 Å². The molecular formula is C16H25NO2. The van der Waals surface area contributed by atoms with Gasteiger partial charge < -0.3 is 15.2 Å². The summed E-state index contributed by atoms with van der Waals surface area (Å²) in [6.45, 7) is 4.64. The van der Waals surface area contributed by atoms with Crippen LogP contribution in [-0.2, 0) is 11.2 Å². The summed E-state index contributed by atoms with van der Waals surface area (Å²) in [7, 11) is 0. The molecule has 19 heavy (non-hydrogen) atoms. The van der Waals surface area contributed by atoms with Gasteiger partial charge in [0, 0.05) is 12.6 Å². The van der Waals surface area contributed by atoms with Crippen LogP contribution in [0.4, 0.5) is 0 Å². The van der Waals surface area contributed by atoms with E-state index < -0.39 is 0 Å². The lowest BCUT2D eigenvalue weighted by Crippen LogP contribution is -2.54. The maximum absolute atomic E-state index is 9.45. The van der Waals surface area contributed by atoms with Crippen molar-refractivity contribution in [2.75, 3.05) is 26.4 Å². The molecule has 1 aromatic rings. The molecule has 1 unspecified atom stereocenters. The molecule has 3 nitrogen and oxygen atoms in total. The Morgan fingerprint density at radius 3 is 2.58 bits per heavy atom. The molecule has 2 N–H and O–H groups in total. The van der Waals surface area contributed by atoms with Crippen LogP contribution in [0.1, 0.15) is 25.3 Å². The maximum Gasteiger partial charge on any atom is 0.0579 e. The van der Waals surface area contributed by atoms with Gasteiger partial charge in [0.1, 0.15) is 0 Å². The number of ether oxygens (including phenoxy) is 1. The molecule has 0 aromatic heterocycles. The van der Waals surface area contributed by atoms with E-state index in [1.54, 1.807) is 0 Å². The van der Waals surface area contributed by atoms with E-state index >= 15 is 0 Å². The van der Waals surface area contributed by atoms with Gasteiger partial charge in [-0.25, -0.2) is 0 Å². The Balaban J connectivity index is 1.85. The molecule has 0 radical (unpaired) electrons. The third-order valence-corrected chi connectivity index (χ3v) is 3.88. The Hall–Kier alpha value is -0.900. The fourth-order valence-electron chi connectivity index (χ4n) is 2.52. The molecule has 2 rings (SSSR count). The van der Waals surface area contributed by atoms with Gasteiger partial charge in [0.05, 0.1) is 25.2 Å². The van der Waals surface area contributed by atoms with Crippen molar-refractivity contribution in [3.63, 3.8) is 0 Å². The monoisotopic (exact) mass is 263 g/mol. The number of rotatable bonds is 8. The van der Waals surface area contributed by atoms with E-state index in [0.717, 1.165) is 19.4 Å². The number of benzene rings is 1. The number of aliphatic hydroxyl groups is 1. The van der Waals surface area contributed by atoms with E-state index in [0.29, 0.717) is 19.3 Å². The van der Waals surface area contributed by atoms with Gasteiger partial charge >= 0.3 is 0 Å². The van der Waals surface area contributed by atoms with Gasteiger partial charge in [-0.3, -0.25) is 0 Å². The normalized spacial score (nSPS) is 18.8. The van der Waals surface area contributed by atoms with Crippen LogP contribution in [0, 0.1) is 5.41 Å². The highest BCUT2D eigenvalue weighted by atomic mass is 16.5. The average molecular weight is 263 g/mol. The van der Waals surface area contributed by atoms with Gasteiger partial charge in [-0.05, 0) is 18.4 Å². The predicted molar refractivity (Wildman–Crippen MR) is 77.2 cm³/mol. The first-order valence-corrected chi connectivity index (χ1v) is 7.24. The summed E-state index contributed by atoms with van der Waals surface area (Å²) in [4.78, 5) is 0. The molecule has 0 bridgehead atoms. The van der Waals surface area contributed by atoms with E-state index in [2.05, 4.69) is 42.6 Å². The Morgan fingerprint density at radius 2 is 2.05 bits per heavy atom. The highest BCUT2D eigenvalue weighted by Crippen LogP contribution is 2.26. The van der Waals surface area contributed by atoms with Crippen LogP contribution in [0.5, 0.6) is 0 Å². The van der Waals surface area contributed by atoms with E-state index in [4.69, 9.17) is 4.74 Å². The molecule has 0 saturated carbocycles. The zero-order valence-electron chi connectivity index (χ0n) is 11.8. The Labute approximate surface area is 116 Å². The summed E-state index contributed by atoms with van der Waals surface area (Å²) in [6, 6.07) is 11.1. The van der Waals surface area contributed by atoms with Crippen LogP contribution in [0.15, 0.2) is 30.3 Å². The van der Waals surface area contributed by atoms with Crippen molar-refractivity contribution in [1.82, 2.24) is 5.32 Å². The second-order valence-corrected chi connectivity index (χ2v) is 5.71. The van der Waals surface area contributed by atoms with Crippen molar-refractivity contribution in [3.8, 4) is 0 Å². The zero-order chi connectivity index (χ0) is 13.6. The summed E-state index contributed by atoms with van der Waals surface area (Å²) >= 11 is 0. The molecule has 3 heteroatoms. The summed E-state index contributed by atoms with van der Waals surface area (Å²) in [5.74, 6) is 0. The van der Waals surface area contributed by atoms with E-state index in [1.807, 2.05) is 0 Å². The average Bonchev–Trinajstić information content (AvgIpc) is 2.39. The van der Waals surface area contributed by atoms with Gasteiger partial charge in [0.25, 0.3) is 0 Å². The minimum atomic E-state index is -0.0390. The maximum atomic E-state index is 9.45. The number of nitrogens with one attached hydrogen (secondary N) is 1. The highest BCUT2D eigenvalue weighted by Gasteiger charge is 2.38. The third-order valence-electron chi connectivity index (χ3n) is 3.88. The van der Waals surface area contributed by atoms with E-state index in [-0.39, 0.29) is 12.0 Å². The SMILES string of the molecule is CCCC(Cc1ccccc1)NCC1(CO)COC1. The summed E-state index contributed by atoms with van der Waals surface area (Å²) in [5.41, 5.74) is 1.33. The lowest BCUT2D eigenvalue weighted by atomic mass is 9.86. The van der Waals surface area contributed by atoms with Gasteiger partial charge in [0.2, 0.25) is 0 Å². The predicted octanol–water partition coefficient (Wildman–Crippen LogP) is 2.00. The van der Waals surface area contributed by atoms with Crippen LogP contribution < -0.4 is 5.32 Å². The molecule has 1 aliphatic heterocycles. The first-order valence-electron chi connectivity index (χ1n) is 7.24. The van der Waals surface area contributed by atoms with Crippen LogP contribution >= 0.6 is 0 Å². The van der Waals surface area contributed by atoms with Crippen molar-refractivity contribution in [2.45, 2.75) is 32.2 Å². The van der Waals surface area contributed by atoms with Crippen molar-refractivity contribution in [2.24, 2.45) is 5.41 Å². The minimum absolute atomic E-state index is 0.0390. The first kappa shape index (κ1) is 14.5. The number of hydrogen-bond donors (Lipinski definition) is 2. The molecule has 0 aliphatic carbocycles. The summed E-state index contributed by atoms with van der Waals surface area (Å²) < 4.78 is 5.24. The van der Waals surface area contributed by atoms with Gasteiger partial charge in [-0.15, -0.1) is 0 Å². The summed E-state index contributed by atoms with van der Waals surface area (Å²) in [6.07, 6.45) is 3.39.